The largest absolute Gasteiger partial charge is 0.476 e. The molecule has 0 aromatic carbocycles. The lowest BCUT2D eigenvalue weighted by molar-refractivity contribution is -0.136. The molecule has 0 spiro atoms. The van der Waals surface area contributed by atoms with Crippen molar-refractivity contribution in [2.24, 2.45) is 0 Å². The molecule has 0 bridgehead atoms. The number of nitrogens with two attached hydrogens (primary N) is 1. The first-order valence-corrected chi connectivity index (χ1v) is 6.49. The molecule has 7 heteroatoms. The molecule has 7 nitrogen and oxygen atoms in total. The summed E-state index contributed by atoms with van der Waals surface area (Å²) >= 11 is 0. The number of nitrogens with one attached hydrogen (secondary N) is 1. The zero-order valence-electron chi connectivity index (χ0n) is 11.5. The highest BCUT2D eigenvalue weighted by Gasteiger charge is 2.36. The number of carbonyl (C=O) groups is 2. The van der Waals surface area contributed by atoms with Crippen LogP contribution in [0.4, 0.5) is 11.5 Å². The number of hydrogen-bond acceptors (Lipinski definition) is 6. The predicted molar refractivity (Wildman–Crippen MR) is 74.2 cm³/mol. The molecule has 1 atom stereocenters. The summed E-state index contributed by atoms with van der Waals surface area (Å²) < 4.78 is 5.42. The van der Waals surface area contributed by atoms with Crippen LogP contribution in [-0.4, -0.2) is 41.4 Å². The minimum Gasteiger partial charge on any atom is -0.476 e. The third-order valence-electron chi connectivity index (χ3n) is 3.04. The van der Waals surface area contributed by atoms with E-state index in [1.54, 1.807) is 12.1 Å². The second-order valence-corrected chi connectivity index (χ2v) is 4.63. The molecule has 0 saturated carbocycles. The molecule has 1 aromatic rings. The second-order valence-electron chi connectivity index (χ2n) is 4.63. The van der Waals surface area contributed by atoms with Gasteiger partial charge >= 0.3 is 0 Å². The van der Waals surface area contributed by atoms with Crippen LogP contribution in [0.1, 0.15) is 19.8 Å². The Morgan fingerprint density at radius 3 is 2.85 bits per heavy atom. The van der Waals surface area contributed by atoms with Gasteiger partial charge in [-0.3, -0.25) is 14.5 Å². The number of nitrogen functional groups attached to an aromatic ring is 1. The monoisotopic (exact) mass is 278 g/mol. The summed E-state index contributed by atoms with van der Waals surface area (Å²) in [7, 11) is 1.47. The molecule has 2 amide bonds. The minimum absolute atomic E-state index is 0.131. The van der Waals surface area contributed by atoms with Gasteiger partial charge in [0.25, 0.3) is 5.91 Å². The Hall–Kier alpha value is -2.31. The van der Waals surface area contributed by atoms with E-state index in [0.29, 0.717) is 24.0 Å². The quantitative estimate of drug-likeness (QED) is 0.766. The van der Waals surface area contributed by atoms with Crippen LogP contribution in [0.2, 0.25) is 0 Å². The van der Waals surface area contributed by atoms with Crippen molar-refractivity contribution in [3.63, 3.8) is 0 Å². The third kappa shape index (κ3) is 2.81. The Morgan fingerprint density at radius 1 is 1.50 bits per heavy atom. The first-order valence-electron chi connectivity index (χ1n) is 6.49. The number of pyridine rings is 1. The zero-order valence-corrected chi connectivity index (χ0v) is 11.5. The van der Waals surface area contributed by atoms with Crippen molar-refractivity contribution in [1.29, 1.82) is 0 Å². The van der Waals surface area contributed by atoms with Crippen LogP contribution in [0.25, 0.3) is 0 Å². The summed E-state index contributed by atoms with van der Waals surface area (Å²) in [5.74, 6) is 0.337. The van der Waals surface area contributed by atoms with Crippen LogP contribution in [0.5, 0.6) is 5.88 Å². The van der Waals surface area contributed by atoms with Gasteiger partial charge in [-0.05, 0) is 18.6 Å². The Labute approximate surface area is 117 Å². The molecular formula is C13H18N4O3. The van der Waals surface area contributed by atoms with Gasteiger partial charge in [0.05, 0.1) is 18.7 Å². The number of hydrogen-bond donors (Lipinski definition) is 2. The molecule has 1 fully saturated rings. The molecule has 2 rings (SSSR count). The van der Waals surface area contributed by atoms with Gasteiger partial charge in [0.2, 0.25) is 11.8 Å². The molecule has 1 unspecified atom stereocenters. The molecule has 1 saturated heterocycles. The average Bonchev–Trinajstić information content (AvgIpc) is 2.67. The van der Waals surface area contributed by atoms with Crippen LogP contribution >= 0.6 is 0 Å². The van der Waals surface area contributed by atoms with Gasteiger partial charge in [-0.15, -0.1) is 0 Å². The Morgan fingerprint density at radius 2 is 2.25 bits per heavy atom. The van der Waals surface area contributed by atoms with Gasteiger partial charge in [0, 0.05) is 7.05 Å². The van der Waals surface area contributed by atoms with Crippen molar-refractivity contribution >= 4 is 23.3 Å². The van der Waals surface area contributed by atoms with E-state index in [-0.39, 0.29) is 18.2 Å². The van der Waals surface area contributed by atoms with Crippen molar-refractivity contribution in [2.45, 2.75) is 25.8 Å². The van der Waals surface area contributed by atoms with Crippen molar-refractivity contribution < 1.29 is 14.3 Å². The molecule has 1 aromatic heterocycles. The fourth-order valence-corrected chi connectivity index (χ4v) is 1.89. The fraction of sp³-hybridized carbons (Fsp3) is 0.462. The Balaban J connectivity index is 2.10. The zero-order chi connectivity index (χ0) is 14.7. The number of amides is 2. The van der Waals surface area contributed by atoms with Crippen LogP contribution < -0.4 is 15.8 Å². The number of carbonyl (C=O) groups excluding carboxylic acids is 2. The number of rotatable bonds is 5. The van der Waals surface area contributed by atoms with E-state index < -0.39 is 6.04 Å². The van der Waals surface area contributed by atoms with Gasteiger partial charge in [-0.25, -0.2) is 0 Å². The maximum Gasteiger partial charge on any atom is 0.251 e. The predicted octanol–water partition coefficient (Wildman–Crippen LogP) is 0.622. The number of imide groups is 1. The van der Waals surface area contributed by atoms with Gasteiger partial charge in [0.1, 0.15) is 11.9 Å². The highest BCUT2D eigenvalue weighted by atomic mass is 16.5. The Kier molecular flexibility index (Phi) is 4.07. The summed E-state index contributed by atoms with van der Waals surface area (Å²) in [4.78, 5) is 28.6. The van der Waals surface area contributed by atoms with E-state index in [1.165, 1.54) is 7.05 Å². The second kappa shape index (κ2) is 5.77. The van der Waals surface area contributed by atoms with Gasteiger partial charge < -0.3 is 15.8 Å². The maximum atomic E-state index is 11.8. The van der Waals surface area contributed by atoms with E-state index in [4.69, 9.17) is 10.5 Å². The summed E-state index contributed by atoms with van der Waals surface area (Å²) in [5, 5.41) is 2.94. The molecule has 2 heterocycles. The lowest BCUT2D eigenvalue weighted by Crippen LogP contribution is -2.32. The number of anilines is 2. The van der Waals surface area contributed by atoms with Crippen molar-refractivity contribution in [3.8, 4) is 5.88 Å². The summed E-state index contributed by atoms with van der Waals surface area (Å²) in [6.45, 7) is 2.50. The Bertz CT molecular complexity index is 532. The van der Waals surface area contributed by atoms with Crippen molar-refractivity contribution in [3.05, 3.63) is 12.1 Å². The molecule has 3 N–H and O–H groups in total. The van der Waals surface area contributed by atoms with Crippen molar-refractivity contribution in [2.75, 3.05) is 24.7 Å². The number of ether oxygens (including phenoxy) is 1. The lowest BCUT2D eigenvalue weighted by Gasteiger charge is -2.13. The molecule has 108 valence electrons. The molecule has 1 aliphatic rings. The fourth-order valence-electron chi connectivity index (χ4n) is 1.89. The molecule has 1 aliphatic heterocycles. The summed E-state index contributed by atoms with van der Waals surface area (Å²) in [5.41, 5.74) is 6.20. The van der Waals surface area contributed by atoms with Crippen LogP contribution in [0.15, 0.2) is 12.1 Å². The first kappa shape index (κ1) is 14.1. The van der Waals surface area contributed by atoms with E-state index in [0.717, 1.165) is 11.3 Å². The standard InChI is InChI=1S/C13H18N4O3/c1-3-6-20-12-8(14)4-5-10(16-12)15-9-7-11(18)17(2)13(9)19/h4-5,9H,3,6-7,14H2,1-2H3,(H,15,16). The number of nitrogens with zero attached hydrogens (tertiary/aromatic N) is 2. The van der Waals surface area contributed by atoms with E-state index in [2.05, 4.69) is 10.3 Å². The summed E-state index contributed by atoms with van der Waals surface area (Å²) in [6.07, 6.45) is 0.978. The van der Waals surface area contributed by atoms with Gasteiger partial charge in [0.15, 0.2) is 0 Å². The maximum absolute atomic E-state index is 11.8. The number of likely N-dealkylation sites (tertiary alicyclic amines) is 1. The van der Waals surface area contributed by atoms with Crippen LogP contribution in [0, 0.1) is 0 Å². The smallest absolute Gasteiger partial charge is 0.251 e. The SMILES string of the molecule is CCCOc1nc(NC2CC(=O)N(C)C2=O)ccc1N. The molecule has 20 heavy (non-hydrogen) atoms. The number of likely N-dealkylation sites (N-methyl/N-ethyl adjacent to an activating group) is 1. The average molecular weight is 278 g/mol. The van der Waals surface area contributed by atoms with Crippen molar-refractivity contribution in [1.82, 2.24) is 9.88 Å². The minimum atomic E-state index is -0.581. The van der Waals surface area contributed by atoms with Gasteiger partial charge in [-0.2, -0.15) is 4.98 Å². The molecular weight excluding hydrogens is 260 g/mol. The summed E-state index contributed by atoms with van der Waals surface area (Å²) in [6, 6.07) is 2.73. The topological polar surface area (TPSA) is 97.5 Å². The number of aromatic nitrogens is 1. The lowest BCUT2D eigenvalue weighted by atomic mass is 10.2. The van der Waals surface area contributed by atoms with Crippen LogP contribution in [0.3, 0.4) is 0 Å². The molecule has 0 radical (unpaired) electrons. The highest BCUT2D eigenvalue weighted by molar-refractivity contribution is 6.06. The first-order chi connectivity index (χ1) is 9.52. The highest BCUT2D eigenvalue weighted by Crippen LogP contribution is 2.23. The third-order valence-corrected chi connectivity index (χ3v) is 3.04. The molecule has 0 aliphatic carbocycles. The van der Waals surface area contributed by atoms with Gasteiger partial charge in [-0.1, -0.05) is 6.92 Å². The van der Waals surface area contributed by atoms with E-state index in [9.17, 15) is 9.59 Å². The van der Waals surface area contributed by atoms with E-state index in [1.807, 2.05) is 6.92 Å². The normalized spacial score (nSPS) is 18.5. The van der Waals surface area contributed by atoms with E-state index >= 15 is 0 Å². The van der Waals surface area contributed by atoms with Crippen LogP contribution in [-0.2, 0) is 9.59 Å².